The maximum absolute atomic E-state index is 6.04. The largest absolute Gasteiger partial charge is 0.491 e. The van der Waals surface area contributed by atoms with E-state index in [1.807, 2.05) is 30.3 Å². The van der Waals surface area contributed by atoms with Gasteiger partial charge in [-0.3, -0.25) is 0 Å². The molecule has 0 saturated carbocycles. The monoisotopic (exact) mass is 314 g/mol. The Balaban J connectivity index is 1.40. The first-order valence-electron chi connectivity index (χ1n) is 7.47. The third-order valence-corrected chi connectivity index (χ3v) is 3.93. The number of nitrogens with one attached hydrogen (secondary N) is 2. The molecule has 3 aromatic rings. The lowest BCUT2D eigenvalue weighted by atomic mass is 10.1. The molecule has 1 heterocycles. The minimum Gasteiger partial charge on any atom is -0.491 e. The van der Waals surface area contributed by atoms with Crippen molar-refractivity contribution in [1.82, 2.24) is 10.3 Å². The Morgan fingerprint density at radius 2 is 1.82 bits per heavy atom. The maximum Gasteiger partial charge on any atom is 0.137 e. The number of H-pyrrole nitrogens is 1. The zero-order chi connectivity index (χ0) is 15.2. The molecular weight excluding hydrogens is 296 g/mol. The van der Waals surface area contributed by atoms with Crippen LogP contribution in [0.25, 0.3) is 10.9 Å². The van der Waals surface area contributed by atoms with Crippen LogP contribution in [0.2, 0.25) is 5.02 Å². The second kappa shape index (κ2) is 7.34. The molecule has 2 N–H and O–H groups in total. The Labute approximate surface area is 135 Å². The quantitative estimate of drug-likeness (QED) is 0.646. The van der Waals surface area contributed by atoms with Crippen molar-refractivity contribution in [3.63, 3.8) is 0 Å². The maximum atomic E-state index is 6.04. The van der Waals surface area contributed by atoms with E-state index in [1.165, 1.54) is 16.5 Å². The number of aromatic nitrogens is 1. The van der Waals surface area contributed by atoms with Gasteiger partial charge in [0.2, 0.25) is 0 Å². The highest BCUT2D eigenvalue weighted by atomic mass is 35.5. The van der Waals surface area contributed by atoms with Crippen LogP contribution in [-0.2, 0) is 6.42 Å². The Morgan fingerprint density at radius 3 is 2.73 bits per heavy atom. The van der Waals surface area contributed by atoms with E-state index in [-0.39, 0.29) is 0 Å². The summed E-state index contributed by atoms with van der Waals surface area (Å²) < 4.78 is 5.64. The number of aromatic amines is 1. The van der Waals surface area contributed by atoms with E-state index >= 15 is 0 Å². The molecule has 0 aliphatic heterocycles. The molecule has 114 valence electrons. The summed E-state index contributed by atoms with van der Waals surface area (Å²) in [5.74, 6) is 0.739. The van der Waals surface area contributed by atoms with E-state index in [2.05, 4.69) is 34.7 Å². The van der Waals surface area contributed by atoms with E-state index in [1.54, 1.807) is 0 Å². The Kier molecular flexibility index (Phi) is 4.99. The average Bonchev–Trinajstić information content (AvgIpc) is 2.96. The Morgan fingerprint density at radius 1 is 1.00 bits per heavy atom. The second-order valence-electron chi connectivity index (χ2n) is 5.14. The standard InChI is InChI=1S/C18H19ClN2O/c19-16-6-2-4-8-18(16)22-12-11-20-10-9-14-13-21-17-7-3-1-5-15(14)17/h1-8,13,20-21H,9-12H2. The predicted octanol–water partition coefficient (Wildman–Crippen LogP) is 4.03. The summed E-state index contributed by atoms with van der Waals surface area (Å²) in [4.78, 5) is 3.30. The molecule has 0 saturated heterocycles. The summed E-state index contributed by atoms with van der Waals surface area (Å²) in [5, 5.41) is 5.35. The van der Waals surface area contributed by atoms with Crippen molar-refractivity contribution in [2.75, 3.05) is 19.7 Å². The fourth-order valence-corrected chi connectivity index (χ4v) is 2.67. The number of rotatable bonds is 7. The molecule has 3 rings (SSSR count). The summed E-state index contributed by atoms with van der Waals surface area (Å²) in [6, 6.07) is 15.9. The Bertz CT molecular complexity index is 739. The number of para-hydroxylation sites is 2. The van der Waals surface area contributed by atoms with Gasteiger partial charge in [0, 0.05) is 23.6 Å². The zero-order valence-corrected chi connectivity index (χ0v) is 13.1. The van der Waals surface area contributed by atoms with Crippen molar-refractivity contribution in [3.8, 4) is 5.75 Å². The van der Waals surface area contributed by atoms with Crippen LogP contribution >= 0.6 is 11.6 Å². The molecule has 4 heteroatoms. The number of hydrogen-bond acceptors (Lipinski definition) is 2. The van der Waals surface area contributed by atoms with Crippen LogP contribution in [0, 0.1) is 0 Å². The highest BCUT2D eigenvalue weighted by Gasteiger charge is 2.02. The van der Waals surface area contributed by atoms with Crippen LogP contribution in [0.15, 0.2) is 54.7 Å². The van der Waals surface area contributed by atoms with Gasteiger partial charge >= 0.3 is 0 Å². The number of ether oxygens (including phenoxy) is 1. The van der Waals surface area contributed by atoms with Crippen LogP contribution < -0.4 is 10.1 Å². The van der Waals surface area contributed by atoms with Crippen molar-refractivity contribution in [1.29, 1.82) is 0 Å². The van der Waals surface area contributed by atoms with Gasteiger partial charge in [-0.05, 0) is 36.7 Å². The number of hydrogen-bond donors (Lipinski definition) is 2. The van der Waals surface area contributed by atoms with E-state index in [9.17, 15) is 0 Å². The van der Waals surface area contributed by atoms with Crippen molar-refractivity contribution in [2.45, 2.75) is 6.42 Å². The zero-order valence-electron chi connectivity index (χ0n) is 12.3. The Hall–Kier alpha value is -1.97. The minimum absolute atomic E-state index is 0.609. The summed E-state index contributed by atoms with van der Waals surface area (Å²) in [7, 11) is 0. The summed E-state index contributed by atoms with van der Waals surface area (Å²) in [6.45, 7) is 2.33. The number of halogens is 1. The van der Waals surface area contributed by atoms with Crippen LogP contribution in [-0.4, -0.2) is 24.7 Å². The summed E-state index contributed by atoms with van der Waals surface area (Å²) >= 11 is 6.04. The van der Waals surface area contributed by atoms with Crippen molar-refractivity contribution in [2.24, 2.45) is 0 Å². The SMILES string of the molecule is Clc1ccccc1OCCNCCc1c[nH]c2ccccc12. The second-order valence-corrected chi connectivity index (χ2v) is 5.55. The van der Waals surface area contributed by atoms with Crippen LogP contribution in [0.3, 0.4) is 0 Å². The first kappa shape index (κ1) is 14.9. The van der Waals surface area contributed by atoms with E-state index in [0.717, 1.165) is 25.3 Å². The van der Waals surface area contributed by atoms with Gasteiger partial charge in [-0.2, -0.15) is 0 Å². The van der Waals surface area contributed by atoms with Crippen LogP contribution in [0.4, 0.5) is 0 Å². The third-order valence-electron chi connectivity index (χ3n) is 3.62. The summed E-state index contributed by atoms with van der Waals surface area (Å²) in [5.41, 5.74) is 2.54. The van der Waals surface area contributed by atoms with Crippen LogP contribution in [0.1, 0.15) is 5.56 Å². The van der Waals surface area contributed by atoms with Crippen LogP contribution in [0.5, 0.6) is 5.75 Å². The fraction of sp³-hybridized carbons (Fsp3) is 0.222. The minimum atomic E-state index is 0.609. The van der Waals surface area contributed by atoms with Crippen molar-refractivity contribution < 1.29 is 4.74 Å². The molecule has 0 bridgehead atoms. The molecule has 2 aromatic carbocycles. The van der Waals surface area contributed by atoms with Gasteiger partial charge in [-0.25, -0.2) is 0 Å². The molecule has 0 atom stereocenters. The molecule has 0 amide bonds. The third kappa shape index (κ3) is 3.62. The lowest BCUT2D eigenvalue weighted by molar-refractivity contribution is 0.314. The fourth-order valence-electron chi connectivity index (χ4n) is 2.48. The molecule has 0 unspecified atom stereocenters. The van der Waals surface area contributed by atoms with Gasteiger partial charge in [0.05, 0.1) is 5.02 Å². The van der Waals surface area contributed by atoms with Gasteiger partial charge < -0.3 is 15.0 Å². The van der Waals surface area contributed by atoms with Crippen molar-refractivity contribution in [3.05, 3.63) is 65.3 Å². The normalized spacial score (nSPS) is 11.0. The molecule has 3 nitrogen and oxygen atoms in total. The van der Waals surface area contributed by atoms with Gasteiger partial charge in [0.15, 0.2) is 0 Å². The first-order chi connectivity index (χ1) is 10.8. The van der Waals surface area contributed by atoms with Gasteiger partial charge in [0.1, 0.15) is 12.4 Å². The van der Waals surface area contributed by atoms with E-state index in [0.29, 0.717) is 11.6 Å². The molecule has 1 aromatic heterocycles. The molecular formula is C18H19ClN2O. The lowest BCUT2D eigenvalue weighted by Gasteiger charge is -2.08. The van der Waals surface area contributed by atoms with Gasteiger partial charge in [0.25, 0.3) is 0 Å². The number of fused-ring (bicyclic) bond motifs is 1. The molecule has 0 aliphatic rings. The highest BCUT2D eigenvalue weighted by Crippen LogP contribution is 2.22. The molecule has 0 spiro atoms. The smallest absolute Gasteiger partial charge is 0.137 e. The number of benzene rings is 2. The molecule has 22 heavy (non-hydrogen) atoms. The highest BCUT2D eigenvalue weighted by molar-refractivity contribution is 6.32. The first-order valence-corrected chi connectivity index (χ1v) is 7.85. The topological polar surface area (TPSA) is 37.0 Å². The average molecular weight is 315 g/mol. The summed E-state index contributed by atoms with van der Waals surface area (Å²) in [6.07, 6.45) is 3.09. The predicted molar refractivity (Wildman–Crippen MR) is 91.8 cm³/mol. The van der Waals surface area contributed by atoms with Crippen molar-refractivity contribution >= 4 is 22.5 Å². The van der Waals surface area contributed by atoms with E-state index in [4.69, 9.17) is 16.3 Å². The molecule has 0 radical (unpaired) electrons. The molecule has 0 fully saturated rings. The molecule has 0 aliphatic carbocycles. The lowest BCUT2D eigenvalue weighted by Crippen LogP contribution is -2.23. The van der Waals surface area contributed by atoms with Gasteiger partial charge in [-0.1, -0.05) is 41.9 Å². The van der Waals surface area contributed by atoms with Gasteiger partial charge in [-0.15, -0.1) is 0 Å². The van der Waals surface area contributed by atoms with E-state index < -0.39 is 0 Å².